The molecule has 1 aromatic rings. The molecular weight excluding hydrogens is 592 g/mol. The van der Waals surface area contributed by atoms with Gasteiger partial charge in [-0.05, 0) is 59.9 Å². The van der Waals surface area contributed by atoms with E-state index in [0.717, 1.165) is 0 Å². The molecule has 0 aliphatic heterocycles. The Kier molecular flexibility index (Phi) is 15.0. The summed E-state index contributed by atoms with van der Waals surface area (Å²) in [6.45, 7) is 9.59. The summed E-state index contributed by atoms with van der Waals surface area (Å²) in [6, 6.07) is 4.00. The summed E-state index contributed by atoms with van der Waals surface area (Å²) in [4.78, 5) is 87.0. The van der Waals surface area contributed by atoms with Crippen molar-refractivity contribution in [2.75, 3.05) is 0 Å². The molecule has 0 unspecified atom stereocenters. The maximum Gasteiger partial charge on any atom is 0.408 e. The summed E-state index contributed by atoms with van der Waals surface area (Å²) in [6.07, 6.45) is -3.09. The minimum absolute atomic E-state index is 0.142. The van der Waals surface area contributed by atoms with Crippen LogP contribution in [-0.4, -0.2) is 76.2 Å². The Balaban J connectivity index is 3.09. The molecule has 0 aliphatic rings. The molecule has 0 fully saturated rings. The first-order valence-corrected chi connectivity index (χ1v) is 14.3. The van der Waals surface area contributed by atoms with Crippen LogP contribution in [0.3, 0.4) is 0 Å². The molecule has 6 N–H and O–H groups in total. The normalized spacial score (nSPS) is 13.3. The molecule has 0 bridgehead atoms. The van der Waals surface area contributed by atoms with Crippen molar-refractivity contribution in [1.29, 1.82) is 0 Å². The Hall–Kier alpha value is -4.69. The summed E-state index contributed by atoms with van der Waals surface area (Å²) in [7, 11) is 0. The molecule has 0 aliphatic carbocycles. The van der Waals surface area contributed by atoms with Crippen molar-refractivity contribution < 1.29 is 52.9 Å². The second kappa shape index (κ2) is 17.6. The zero-order valence-electron chi connectivity index (χ0n) is 26.5. The Bertz CT molecular complexity index is 1210. The van der Waals surface area contributed by atoms with Crippen molar-refractivity contribution in [2.45, 2.75) is 110 Å². The molecule has 0 saturated heterocycles. The highest BCUT2D eigenvalue weighted by atomic mass is 16.6. The van der Waals surface area contributed by atoms with E-state index in [2.05, 4.69) is 16.0 Å². The number of esters is 2. The van der Waals surface area contributed by atoms with E-state index in [1.165, 1.54) is 0 Å². The van der Waals surface area contributed by atoms with Gasteiger partial charge in [-0.2, -0.15) is 0 Å². The largest absolute Gasteiger partial charge is 0.480 e. The number of rotatable bonds is 16. The maximum absolute atomic E-state index is 13.3. The Labute approximate surface area is 261 Å². The van der Waals surface area contributed by atoms with Gasteiger partial charge in [-0.1, -0.05) is 30.3 Å². The van der Waals surface area contributed by atoms with Crippen LogP contribution in [0.4, 0.5) is 4.79 Å². The van der Waals surface area contributed by atoms with E-state index < -0.39 is 77.5 Å². The third-order valence-corrected chi connectivity index (χ3v) is 5.60. The van der Waals surface area contributed by atoms with E-state index in [0.29, 0.717) is 5.56 Å². The number of primary amides is 1. The SMILES string of the molecule is CC(C)(C)OC(=O)CC[C@@H](NC(=O)[C@H](CCC(N)=O)NC(=O)[C@@H](CC(=O)OC(C)(C)C)NC(=O)OCc1ccccc1)C(=O)O. The summed E-state index contributed by atoms with van der Waals surface area (Å²) in [5.74, 6) is -5.84. The quantitative estimate of drug-likeness (QED) is 0.129. The van der Waals surface area contributed by atoms with Gasteiger partial charge in [-0.3, -0.25) is 24.0 Å². The van der Waals surface area contributed by atoms with E-state index in [9.17, 15) is 38.7 Å². The smallest absolute Gasteiger partial charge is 0.408 e. The standard InChI is InChI=1S/C30H44N4O11/c1-29(2,3)44-23(36)15-13-20(27(40)41)33-25(38)19(12-14-22(31)35)32-26(39)21(16-24(37)45-30(4,5)6)34-28(42)43-17-18-10-8-7-9-11-18/h7-11,19-21H,12-17H2,1-6H3,(H2,31,35)(H,32,39)(H,33,38)(H,34,42)(H,40,41)/t19-,20+,21+/m0/s1. The van der Waals surface area contributed by atoms with Gasteiger partial charge in [0, 0.05) is 12.8 Å². The molecule has 0 radical (unpaired) electrons. The van der Waals surface area contributed by atoms with Crippen molar-refractivity contribution in [2.24, 2.45) is 5.73 Å². The third-order valence-electron chi connectivity index (χ3n) is 5.60. The highest BCUT2D eigenvalue weighted by Crippen LogP contribution is 2.12. The van der Waals surface area contributed by atoms with Crippen LogP contribution in [0, 0.1) is 0 Å². The van der Waals surface area contributed by atoms with Crippen LogP contribution >= 0.6 is 0 Å². The van der Waals surface area contributed by atoms with Crippen molar-refractivity contribution in [3.05, 3.63) is 35.9 Å². The molecule has 0 spiro atoms. The lowest BCUT2D eigenvalue weighted by Crippen LogP contribution is -2.56. The highest BCUT2D eigenvalue weighted by Gasteiger charge is 2.32. The Morgan fingerprint density at radius 1 is 0.733 bits per heavy atom. The van der Waals surface area contributed by atoms with Crippen molar-refractivity contribution in [3.8, 4) is 0 Å². The van der Waals surface area contributed by atoms with Crippen LogP contribution in [-0.2, 0) is 49.6 Å². The van der Waals surface area contributed by atoms with Gasteiger partial charge in [0.15, 0.2) is 0 Å². The number of carboxylic acids is 1. The van der Waals surface area contributed by atoms with Crippen LogP contribution in [0.1, 0.15) is 79.2 Å². The lowest BCUT2D eigenvalue weighted by molar-refractivity contribution is -0.157. The van der Waals surface area contributed by atoms with Crippen LogP contribution in [0.15, 0.2) is 30.3 Å². The lowest BCUT2D eigenvalue weighted by atomic mass is 10.1. The molecular formula is C30H44N4O11. The van der Waals surface area contributed by atoms with Gasteiger partial charge < -0.3 is 41.0 Å². The lowest BCUT2D eigenvalue weighted by Gasteiger charge is -2.25. The van der Waals surface area contributed by atoms with Gasteiger partial charge in [-0.15, -0.1) is 0 Å². The maximum atomic E-state index is 13.3. The van der Waals surface area contributed by atoms with Gasteiger partial charge in [-0.25, -0.2) is 9.59 Å². The first-order valence-electron chi connectivity index (χ1n) is 14.3. The number of benzene rings is 1. The fraction of sp³-hybridized carbons (Fsp3) is 0.567. The number of nitrogens with one attached hydrogen (secondary N) is 3. The van der Waals surface area contributed by atoms with Crippen LogP contribution in [0.2, 0.25) is 0 Å². The molecule has 1 aromatic carbocycles. The molecule has 250 valence electrons. The van der Waals surface area contributed by atoms with E-state index in [4.69, 9.17) is 19.9 Å². The minimum Gasteiger partial charge on any atom is -0.480 e. The zero-order chi connectivity index (χ0) is 34.4. The molecule has 3 atom stereocenters. The highest BCUT2D eigenvalue weighted by molar-refractivity contribution is 5.94. The number of amides is 4. The van der Waals surface area contributed by atoms with Crippen molar-refractivity contribution in [1.82, 2.24) is 16.0 Å². The van der Waals surface area contributed by atoms with Crippen LogP contribution in [0.25, 0.3) is 0 Å². The van der Waals surface area contributed by atoms with Gasteiger partial charge in [0.05, 0.1) is 6.42 Å². The summed E-state index contributed by atoms with van der Waals surface area (Å²) in [5, 5.41) is 16.5. The first-order chi connectivity index (χ1) is 20.8. The van der Waals surface area contributed by atoms with E-state index in [-0.39, 0.29) is 32.3 Å². The average Bonchev–Trinajstić information content (AvgIpc) is 2.89. The number of aliphatic carboxylic acids is 1. The second-order valence-corrected chi connectivity index (χ2v) is 12.1. The van der Waals surface area contributed by atoms with Gasteiger partial charge in [0.1, 0.15) is 35.9 Å². The molecule has 15 nitrogen and oxygen atoms in total. The third kappa shape index (κ3) is 17.3. The number of carbonyl (C=O) groups excluding carboxylic acids is 6. The summed E-state index contributed by atoms with van der Waals surface area (Å²) in [5.41, 5.74) is 4.16. The van der Waals surface area contributed by atoms with Crippen molar-refractivity contribution >= 4 is 41.7 Å². The van der Waals surface area contributed by atoms with Crippen LogP contribution < -0.4 is 21.7 Å². The molecule has 4 amide bonds. The molecule has 0 saturated carbocycles. The molecule has 0 heterocycles. The number of alkyl carbamates (subject to hydrolysis) is 1. The van der Waals surface area contributed by atoms with E-state index in [1.807, 2.05) is 0 Å². The molecule has 1 rings (SSSR count). The monoisotopic (exact) mass is 636 g/mol. The average molecular weight is 637 g/mol. The Morgan fingerprint density at radius 3 is 1.78 bits per heavy atom. The fourth-order valence-electron chi connectivity index (χ4n) is 3.68. The van der Waals surface area contributed by atoms with Gasteiger partial charge >= 0.3 is 24.0 Å². The number of nitrogens with two attached hydrogens (primary N) is 1. The van der Waals surface area contributed by atoms with E-state index >= 15 is 0 Å². The van der Waals surface area contributed by atoms with Gasteiger partial charge in [0.2, 0.25) is 17.7 Å². The molecule has 0 aromatic heterocycles. The topological polar surface area (TPSA) is 230 Å². The molecule has 45 heavy (non-hydrogen) atoms. The summed E-state index contributed by atoms with van der Waals surface area (Å²) < 4.78 is 15.6. The number of ether oxygens (including phenoxy) is 3. The predicted molar refractivity (Wildman–Crippen MR) is 159 cm³/mol. The second-order valence-electron chi connectivity index (χ2n) is 12.1. The van der Waals surface area contributed by atoms with Crippen molar-refractivity contribution in [3.63, 3.8) is 0 Å². The Morgan fingerprint density at radius 2 is 1.24 bits per heavy atom. The number of carbonyl (C=O) groups is 7. The number of carboxylic acid groups (broad SMARTS) is 1. The molecule has 15 heteroatoms. The number of hydrogen-bond donors (Lipinski definition) is 5. The summed E-state index contributed by atoms with van der Waals surface area (Å²) >= 11 is 0. The minimum atomic E-state index is -1.59. The van der Waals surface area contributed by atoms with E-state index in [1.54, 1.807) is 71.9 Å². The van der Waals surface area contributed by atoms with Crippen LogP contribution in [0.5, 0.6) is 0 Å². The zero-order valence-corrected chi connectivity index (χ0v) is 26.5. The number of hydrogen-bond acceptors (Lipinski definition) is 10. The fourth-order valence-corrected chi connectivity index (χ4v) is 3.68. The van der Waals surface area contributed by atoms with Gasteiger partial charge in [0.25, 0.3) is 0 Å². The predicted octanol–water partition coefficient (Wildman–Crippen LogP) is 1.45. The first kappa shape index (κ1) is 38.3.